The molecule has 0 bridgehead atoms. The Kier molecular flexibility index (Phi) is 7.15. The van der Waals surface area contributed by atoms with Gasteiger partial charge in [-0.05, 0) is 45.4 Å². The fourth-order valence-electron chi connectivity index (χ4n) is 3.47. The van der Waals surface area contributed by atoms with Crippen molar-refractivity contribution in [2.45, 2.75) is 77.6 Å². The molecule has 2 aliphatic rings. The van der Waals surface area contributed by atoms with Gasteiger partial charge >= 0.3 is 6.09 Å². The number of aromatic nitrogens is 2. The zero-order valence-corrected chi connectivity index (χ0v) is 18.0. The van der Waals surface area contributed by atoms with Gasteiger partial charge in [0.25, 0.3) is 0 Å². The minimum Gasteiger partial charge on any atom is -0.447 e. The first-order chi connectivity index (χ1) is 13.4. The van der Waals surface area contributed by atoms with E-state index in [-0.39, 0.29) is 24.4 Å². The molecule has 7 nitrogen and oxygen atoms in total. The average molecular weight is 406 g/mol. The molecule has 0 aromatic carbocycles. The summed E-state index contributed by atoms with van der Waals surface area (Å²) in [6.45, 7) is 7.94. The third-order valence-electron chi connectivity index (χ3n) is 4.99. The van der Waals surface area contributed by atoms with E-state index < -0.39 is 0 Å². The van der Waals surface area contributed by atoms with Crippen molar-refractivity contribution in [3.05, 3.63) is 18.1 Å². The van der Waals surface area contributed by atoms with Crippen molar-refractivity contribution in [2.24, 2.45) is 10.9 Å². The predicted molar refractivity (Wildman–Crippen MR) is 114 cm³/mol. The van der Waals surface area contributed by atoms with Crippen molar-refractivity contribution < 1.29 is 9.53 Å². The highest BCUT2D eigenvalue weighted by Crippen LogP contribution is 2.33. The van der Waals surface area contributed by atoms with Crippen molar-refractivity contribution in [1.29, 1.82) is 0 Å². The summed E-state index contributed by atoms with van der Waals surface area (Å²) in [5.41, 5.74) is 0.998. The van der Waals surface area contributed by atoms with Crippen LogP contribution in [0.15, 0.2) is 17.4 Å². The second-order valence-electron chi connectivity index (χ2n) is 8.07. The Morgan fingerprint density at radius 2 is 1.89 bits per heavy atom. The van der Waals surface area contributed by atoms with E-state index >= 15 is 0 Å². The summed E-state index contributed by atoms with van der Waals surface area (Å²) < 4.78 is 5.17. The lowest BCUT2D eigenvalue weighted by Gasteiger charge is -2.28. The first-order valence-corrected chi connectivity index (χ1v) is 11.2. The van der Waals surface area contributed by atoms with Crippen molar-refractivity contribution in [3.8, 4) is 0 Å². The molecule has 1 atom stereocenters. The molecule has 0 spiro atoms. The number of thioether (sulfide) groups is 1. The van der Waals surface area contributed by atoms with Gasteiger partial charge in [0, 0.05) is 17.7 Å². The number of nitrogens with zero attached hydrogens (tertiary/aromatic N) is 3. The number of aliphatic imine (C=N–C) groups is 1. The number of hydrogen-bond donors (Lipinski definition) is 2. The topological polar surface area (TPSA) is 88.5 Å². The van der Waals surface area contributed by atoms with Crippen LogP contribution in [0.4, 0.5) is 10.6 Å². The van der Waals surface area contributed by atoms with Gasteiger partial charge in [-0.1, -0.05) is 13.8 Å². The third kappa shape index (κ3) is 5.83. The highest BCUT2D eigenvalue weighted by molar-refractivity contribution is 8.14. The second kappa shape index (κ2) is 9.58. The van der Waals surface area contributed by atoms with Crippen LogP contribution in [-0.4, -0.2) is 45.2 Å². The van der Waals surface area contributed by atoms with Crippen molar-refractivity contribution in [2.75, 3.05) is 11.1 Å². The van der Waals surface area contributed by atoms with Gasteiger partial charge in [-0.3, -0.25) is 9.98 Å². The summed E-state index contributed by atoms with van der Waals surface area (Å²) in [5, 5.41) is 7.58. The summed E-state index contributed by atoms with van der Waals surface area (Å²) >= 11 is 1.84. The number of hydrogen-bond acceptors (Lipinski definition) is 7. The lowest BCUT2D eigenvalue weighted by Crippen LogP contribution is -2.39. The van der Waals surface area contributed by atoms with Crippen LogP contribution < -0.4 is 10.6 Å². The normalized spacial score (nSPS) is 24.9. The first-order valence-electron chi connectivity index (χ1n) is 10.2. The van der Waals surface area contributed by atoms with Crippen molar-refractivity contribution in [3.63, 3.8) is 0 Å². The van der Waals surface area contributed by atoms with E-state index in [4.69, 9.17) is 9.73 Å². The maximum absolute atomic E-state index is 11.8. The molecular formula is C20H31N5O2S. The largest absolute Gasteiger partial charge is 0.447 e. The quantitative estimate of drug-likeness (QED) is 0.738. The number of anilines is 1. The van der Waals surface area contributed by atoms with Gasteiger partial charge in [-0.15, -0.1) is 11.8 Å². The summed E-state index contributed by atoms with van der Waals surface area (Å²) in [6.07, 6.45) is 7.32. The highest BCUT2D eigenvalue weighted by atomic mass is 32.2. The van der Waals surface area contributed by atoms with Crippen LogP contribution in [0.3, 0.4) is 0 Å². The van der Waals surface area contributed by atoms with Gasteiger partial charge in [-0.25, -0.2) is 9.78 Å². The monoisotopic (exact) mass is 405 g/mol. The highest BCUT2D eigenvalue weighted by Gasteiger charge is 2.30. The predicted octanol–water partition coefficient (Wildman–Crippen LogP) is 4.18. The molecule has 28 heavy (non-hydrogen) atoms. The molecule has 1 aliphatic heterocycles. The molecule has 2 heterocycles. The van der Waals surface area contributed by atoms with E-state index in [0.29, 0.717) is 11.8 Å². The lowest BCUT2D eigenvalue weighted by atomic mass is 9.86. The molecule has 154 valence electrons. The number of nitrogens with one attached hydrogen (secondary N) is 2. The Bertz CT molecular complexity index is 684. The summed E-state index contributed by atoms with van der Waals surface area (Å²) in [4.78, 5) is 25.5. The molecule has 0 radical (unpaired) electrons. The zero-order valence-electron chi connectivity index (χ0n) is 17.1. The second-order valence-corrected chi connectivity index (χ2v) is 9.11. The standard InChI is InChI=1S/C20H31N5O2S/c1-12(2)16-9-22-17(10-21-16)24-18-11-28-19(25-18)14-5-7-15(8-6-14)23-20(26)27-13(3)4/h9-10,12-15,18H,5-8,11H2,1-4H3,(H,22,24)(H,23,26). The van der Waals surface area contributed by atoms with Gasteiger partial charge in [0.1, 0.15) is 12.0 Å². The molecular weight excluding hydrogens is 374 g/mol. The fraction of sp³-hybridized carbons (Fsp3) is 0.700. The first kappa shape index (κ1) is 20.9. The molecule has 1 fully saturated rings. The fourth-order valence-corrected chi connectivity index (χ4v) is 4.63. The Labute approximate surface area is 171 Å². The van der Waals surface area contributed by atoms with Crippen LogP contribution in [-0.2, 0) is 4.74 Å². The van der Waals surface area contributed by atoms with Gasteiger partial charge < -0.3 is 15.4 Å². The molecule has 1 saturated carbocycles. The average Bonchev–Trinajstić information content (AvgIpc) is 3.10. The van der Waals surface area contributed by atoms with Crippen LogP contribution in [0.2, 0.25) is 0 Å². The van der Waals surface area contributed by atoms with Crippen LogP contribution in [0.5, 0.6) is 0 Å². The number of carbonyl (C=O) groups excluding carboxylic acids is 1. The Balaban J connectivity index is 1.46. The molecule has 1 aromatic heterocycles. The Hall–Kier alpha value is -1.83. The SMILES string of the molecule is CC(C)OC(=O)NC1CCC(C2=NC(Nc3cnc(C(C)C)cn3)CS2)CC1. The van der Waals surface area contributed by atoms with Crippen LogP contribution in [0.25, 0.3) is 0 Å². The lowest BCUT2D eigenvalue weighted by molar-refractivity contribution is 0.109. The van der Waals surface area contributed by atoms with Crippen molar-refractivity contribution >= 4 is 28.7 Å². The Morgan fingerprint density at radius 1 is 1.14 bits per heavy atom. The van der Waals surface area contributed by atoms with Crippen LogP contribution >= 0.6 is 11.8 Å². The number of carbonyl (C=O) groups is 1. The molecule has 1 aromatic rings. The van der Waals surface area contributed by atoms with E-state index in [2.05, 4.69) is 34.4 Å². The smallest absolute Gasteiger partial charge is 0.407 e. The maximum atomic E-state index is 11.8. The molecule has 1 aliphatic carbocycles. The summed E-state index contributed by atoms with van der Waals surface area (Å²) in [7, 11) is 0. The molecule has 2 N–H and O–H groups in total. The van der Waals surface area contributed by atoms with Crippen LogP contribution in [0, 0.1) is 5.92 Å². The van der Waals surface area contributed by atoms with Gasteiger partial charge in [0.15, 0.2) is 0 Å². The van der Waals surface area contributed by atoms with E-state index in [1.165, 1.54) is 5.04 Å². The zero-order chi connectivity index (χ0) is 20.1. The summed E-state index contributed by atoms with van der Waals surface area (Å²) in [5.74, 6) is 2.56. The van der Waals surface area contributed by atoms with Crippen LogP contribution in [0.1, 0.15) is 65.0 Å². The van der Waals surface area contributed by atoms with E-state index in [1.54, 1.807) is 6.20 Å². The number of ether oxygens (including phenoxy) is 1. The third-order valence-corrected chi connectivity index (χ3v) is 6.21. The number of alkyl carbamates (subject to hydrolysis) is 1. The summed E-state index contributed by atoms with van der Waals surface area (Å²) in [6, 6.07) is 0.207. The Morgan fingerprint density at radius 3 is 2.50 bits per heavy atom. The number of amides is 1. The molecule has 1 unspecified atom stereocenters. The molecule has 8 heteroatoms. The minimum absolute atomic E-state index is 0.0519. The molecule has 1 amide bonds. The van der Waals surface area contributed by atoms with Gasteiger partial charge in [0.05, 0.1) is 29.2 Å². The minimum atomic E-state index is -0.306. The maximum Gasteiger partial charge on any atom is 0.407 e. The number of rotatable bonds is 6. The van der Waals surface area contributed by atoms with E-state index in [9.17, 15) is 4.79 Å². The molecule has 0 saturated heterocycles. The van der Waals surface area contributed by atoms with E-state index in [0.717, 1.165) is 42.9 Å². The molecule has 3 rings (SSSR count). The van der Waals surface area contributed by atoms with E-state index in [1.807, 2.05) is 31.8 Å². The van der Waals surface area contributed by atoms with Gasteiger partial charge in [0.2, 0.25) is 0 Å². The van der Waals surface area contributed by atoms with Gasteiger partial charge in [-0.2, -0.15) is 0 Å². The van der Waals surface area contributed by atoms with Crippen molar-refractivity contribution in [1.82, 2.24) is 15.3 Å².